The molecule has 0 aromatic carbocycles. The Balaban J connectivity index is 2.55. The second-order valence-electron chi connectivity index (χ2n) is 1.49. The third kappa shape index (κ3) is 0.962. The van der Waals surface area contributed by atoms with Crippen LogP contribution in [-0.2, 0) is 4.79 Å². The van der Waals surface area contributed by atoms with Crippen LogP contribution in [0.25, 0.3) is 0 Å². The van der Waals surface area contributed by atoms with Crippen LogP contribution in [0.2, 0.25) is 0 Å². The van der Waals surface area contributed by atoms with Crippen LogP contribution in [0, 0.1) is 0 Å². The Labute approximate surface area is 46.9 Å². The van der Waals surface area contributed by atoms with Crippen LogP contribution in [0.5, 0.6) is 0 Å². The first-order valence-corrected chi connectivity index (χ1v) is 2.48. The van der Waals surface area contributed by atoms with E-state index in [1.165, 1.54) is 0 Å². The monoisotopic (exact) mass is 115 g/mol. The average molecular weight is 115 g/mol. The first-order chi connectivity index (χ1) is 3.29. The molecule has 1 heterocycles. The minimum absolute atomic E-state index is 0.199. The third-order valence-electron chi connectivity index (χ3n) is 0.840. The van der Waals surface area contributed by atoms with Crippen molar-refractivity contribution in [1.82, 2.24) is 5.32 Å². The lowest BCUT2D eigenvalue weighted by atomic mass is 10.4. The Morgan fingerprint density at radius 2 is 2.43 bits per heavy atom. The lowest BCUT2D eigenvalue weighted by Gasteiger charge is -1.82. The van der Waals surface area contributed by atoms with Crippen molar-refractivity contribution in [3.05, 3.63) is 0 Å². The molecule has 0 aromatic heterocycles. The van der Waals surface area contributed by atoms with E-state index in [1.807, 2.05) is 0 Å². The summed E-state index contributed by atoms with van der Waals surface area (Å²) in [5, 5.41) is 2.75. The molecule has 7 heavy (non-hydrogen) atoms. The Kier molecular flexibility index (Phi) is 1.06. The van der Waals surface area contributed by atoms with Crippen LogP contribution >= 0.6 is 12.2 Å². The fraction of sp³-hybridized carbons (Fsp3) is 0.500. The fourth-order valence-electron chi connectivity index (χ4n) is 0.501. The quantitative estimate of drug-likeness (QED) is 0.446. The van der Waals surface area contributed by atoms with Gasteiger partial charge in [0.25, 0.3) is 0 Å². The molecule has 0 bridgehead atoms. The molecule has 0 radical (unpaired) electrons. The normalized spacial score (nSPS) is 20.0. The van der Waals surface area contributed by atoms with E-state index in [4.69, 9.17) is 0 Å². The molecular formula is C4H5NOS. The van der Waals surface area contributed by atoms with Gasteiger partial charge in [0.2, 0.25) is 0 Å². The number of nitrogens with one attached hydrogen (secondary N) is 1. The smallest absolute Gasteiger partial charge is 0.158 e. The maximum atomic E-state index is 10.3. The summed E-state index contributed by atoms with van der Waals surface area (Å²) in [5.74, 6) is 0.199. The maximum absolute atomic E-state index is 10.3. The summed E-state index contributed by atoms with van der Waals surface area (Å²) in [6, 6.07) is 0. The molecule has 1 aliphatic heterocycles. The van der Waals surface area contributed by atoms with Crippen LogP contribution in [0.4, 0.5) is 0 Å². The summed E-state index contributed by atoms with van der Waals surface area (Å²) in [7, 11) is 0. The van der Waals surface area contributed by atoms with Crippen molar-refractivity contribution >= 4 is 23.0 Å². The van der Waals surface area contributed by atoms with Gasteiger partial charge in [0.15, 0.2) is 5.78 Å². The van der Waals surface area contributed by atoms with Crippen molar-refractivity contribution in [2.75, 3.05) is 6.54 Å². The Morgan fingerprint density at radius 1 is 1.71 bits per heavy atom. The molecule has 0 amide bonds. The predicted molar refractivity (Wildman–Crippen MR) is 30.2 cm³/mol. The van der Waals surface area contributed by atoms with Gasteiger partial charge >= 0.3 is 0 Å². The van der Waals surface area contributed by atoms with E-state index in [0.29, 0.717) is 18.0 Å². The number of ketones is 1. The van der Waals surface area contributed by atoms with E-state index >= 15 is 0 Å². The summed E-state index contributed by atoms with van der Waals surface area (Å²) in [4.78, 5) is 11.0. The van der Waals surface area contributed by atoms with Gasteiger partial charge in [0, 0.05) is 0 Å². The lowest BCUT2D eigenvalue weighted by molar-refractivity contribution is -0.116. The van der Waals surface area contributed by atoms with E-state index in [1.54, 1.807) is 0 Å². The zero-order valence-corrected chi connectivity index (χ0v) is 4.55. The topological polar surface area (TPSA) is 29.1 Å². The third-order valence-corrected chi connectivity index (χ3v) is 1.13. The van der Waals surface area contributed by atoms with Gasteiger partial charge in [-0.1, -0.05) is 12.2 Å². The molecule has 0 atom stereocenters. The molecule has 1 fully saturated rings. The van der Waals surface area contributed by atoms with E-state index in [2.05, 4.69) is 17.5 Å². The predicted octanol–water partition coefficient (Wildman–Crippen LogP) is -0.124. The highest BCUT2D eigenvalue weighted by Gasteiger charge is 2.12. The maximum Gasteiger partial charge on any atom is 0.158 e. The van der Waals surface area contributed by atoms with Gasteiger partial charge in [-0.05, 0) is 0 Å². The lowest BCUT2D eigenvalue weighted by Crippen LogP contribution is -2.11. The molecular weight excluding hydrogens is 110 g/mol. The number of hydrogen-bond donors (Lipinski definition) is 1. The standard InChI is InChI=1S/C4H5NOS/c6-3-1-4(7)5-2-3/h1-2H2,(H,5,7). The van der Waals surface area contributed by atoms with Crippen molar-refractivity contribution in [2.24, 2.45) is 0 Å². The SMILES string of the molecule is O=C1CNC(=S)C1. The molecule has 1 saturated heterocycles. The van der Waals surface area contributed by atoms with Gasteiger partial charge in [-0.3, -0.25) is 4.79 Å². The van der Waals surface area contributed by atoms with Crippen LogP contribution in [0.1, 0.15) is 6.42 Å². The number of Topliss-reactive ketones (excluding diaryl/α,β-unsaturated/α-hetero) is 1. The molecule has 0 unspecified atom stereocenters. The van der Waals surface area contributed by atoms with E-state index in [9.17, 15) is 4.79 Å². The highest BCUT2D eigenvalue weighted by atomic mass is 32.1. The first-order valence-electron chi connectivity index (χ1n) is 2.07. The molecule has 2 nitrogen and oxygen atoms in total. The summed E-state index contributed by atoms with van der Waals surface area (Å²) < 4.78 is 0. The average Bonchev–Trinajstić information content (AvgIpc) is 1.87. The number of hydrogen-bond acceptors (Lipinski definition) is 2. The van der Waals surface area contributed by atoms with Gasteiger partial charge in [0.1, 0.15) is 0 Å². The highest BCUT2D eigenvalue weighted by Crippen LogP contribution is 1.92. The summed E-state index contributed by atoms with van der Waals surface area (Å²) in [6.45, 7) is 0.443. The van der Waals surface area contributed by atoms with Crippen molar-refractivity contribution in [3.63, 3.8) is 0 Å². The number of carbonyl (C=O) groups excluding carboxylic acids is 1. The molecule has 0 spiro atoms. The number of carbonyl (C=O) groups is 1. The molecule has 1 aliphatic rings. The first kappa shape index (κ1) is 4.71. The van der Waals surface area contributed by atoms with E-state index in [0.717, 1.165) is 0 Å². The Hall–Kier alpha value is -0.440. The molecule has 1 N–H and O–H groups in total. The second-order valence-corrected chi connectivity index (χ2v) is 1.98. The van der Waals surface area contributed by atoms with Gasteiger partial charge in [0.05, 0.1) is 18.0 Å². The summed E-state index contributed by atoms with van der Waals surface area (Å²) in [5.41, 5.74) is 0. The Morgan fingerprint density at radius 3 is 2.57 bits per heavy atom. The van der Waals surface area contributed by atoms with Crippen LogP contribution < -0.4 is 5.32 Å². The van der Waals surface area contributed by atoms with E-state index in [-0.39, 0.29) is 5.78 Å². The van der Waals surface area contributed by atoms with Crippen molar-refractivity contribution in [2.45, 2.75) is 6.42 Å². The van der Waals surface area contributed by atoms with Gasteiger partial charge < -0.3 is 5.32 Å². The van der Waals surface area contributed by atoms with Gasteiger partial charge in [-0.25, -0.2) is 0 Å². The van der Waals surface area contributed by atoms with E-state index < -0.39 is 0 Å². The summed E-state index contributed by atoms with van der Waals surface area (Å²) in [6.07, 6.45) is 0.454. The molecule has 38 valence electrons. The largest absolute Gasteiger partial charge is 0.372 e. The number of rotatable bonds is 0. The van der Waals surface area contributed by atoms with Crippen LogP contribution in [0.3, 0.4) is 0 Å². The molecule has 0 saturated carbocycles. The minimum Gasteiger partial charge on any atom is -0.372 e. The van der Waals surface area contributed by atoms with Crippen molar-refractivity contribution in [3.8, 4) is 0 Å². The zero-order valence-electron chi connectivity index (χ0n) is 3.73. The van der Waals surface area contributed by atoms with Gasteiger partial charge in [-0.2, -0.15) is 0 Å². The van der Waals surface area contributed by atoms with Crippen molar-refractivity contribution < 1.29 is 4.79 Å². The fourth-order valence-corrected chi connectivity index (χ4v) is 0.734. The zero-order chi connectivity index (χ0) is 5.28. The molecule has 1 rings (SSSR count). The van der Waals surface area contributed by atoms with Crippen LogP contribution in [0.15, 0.2) is 0 Å². The van der Waals surface area contributed by atoms with Gasteiger partial charge in [-0.15, -0.1) is 0 Å². The molecule has 0 aromatic rings. The summed E-state index contributed by atoms with van der Waals surface area (Å²) >= 11 is 4.66. The van der Waals surface area contributed by atoms with Crippen molar-refractivity contribution in [1.29, 1.82) is 0 Å². The highest BCUT2D eigenvalue weighted by molar-refractivity contribution is 7.80. The molecule has 0 aliphatic carbocycles. The Bertz CT molecular complexity index is 107. The second kappa shape index (κ2) is 1.58. The number of thiocarbonyl (C=S) groups is 1. The molecule has 3 heteroatoms. The minimum atomic E-state index is 0.199. The van der Waals surface area contributed by atoms with Crippen LogP contribution in [-0.4, -0.2) is 17.3 Å².